The number of hydrogen-bond donors (Lipinski definition) is 0. The molecule has 0 N–H and O–H groups in total. The highest BCUT2D eigenvalue weighted by atomic mass is 32.1. The fourth-order valence-corrected chi connectivity index (χ4v) is 7.85. The van der Waals surface area contributed by atoms with Crippen molar-refractivity contribution in [3.8, 4) is 17.2 Å². The summed E-state index contributed by atoms with van der Waals surface area (Å²) in [6.45, 7) is 10.1. The van der Waals surface area contributed by atoms with Gasteiger partial charge in [0, 0.05) is 31.1 Å². The van der Waals surface area contributed by atoms with Gasteiger partial charge in [-0.25, -0.2) is 4.98 Å². The molecule has 220 valence electrons. The van der Waals surface area contributed by atoms with Gasteiger partial charge in [-0.3, -0.25) is 9.69 Å². The molecule has 2 bridgehead atoms. The minimum atomic E-state index is 0.0888. The third-order valence-corrected chi connectivity index (χ3v) is 9.37. The van der Waals surface area contributed by atoms with Crippen molar-refractivity contribution in [2.45, 2.75) is 65.6 Å². The zero-order chi connectivity index (χ0) is 29.2. The van der Waals surface area contributed by atoms with Crippen molar-refractivity contribution in [1.29, 1.82) is 0 Å². The number of methoxy groups -OCH3 is 3. The Hall–Kier alpha value is -3.10. The fraction of sp³-hybridized carbons (Fsp3) is 0.515. The van der Waals surface area contributed by atoms with Gasteiger partial charge in [-0.15, -0.1) is 11.3 Å². The Labute approximate surface area is 248 Å². The predicted molar refractivity (Wildman–Crippen MR) is 163 cm³/mol. The number of hydrogen-bond acceptors (Lipinski definition) is 7. The Morgan fingerprint density at radius 3 is 2.41 bits per heavy atom. The number of thiazole rings is 1. The number of aromatic nitrogens is 1. The van der Waals surface area contributed by atoms with Crippen LogP contribution < -0.4 is 14.2 Å². The van der Waals surface area contributed by atoms with Crippen LogP contribution in [-0.2, 0) is 19.5 Å². The van der Waals surface area contributed by atoms with Gasteiger partial charge in [-0.1, -0.05) is 39.0 Å². The largest absolute Gasteiger partial charge is 0.497 e. The van der Waals surface area contributed by atoms with Crippen LogP contribution >= 0.6 is 11.3 Å². The summed E-state index contributed by atoms with van der Waals surface area (Å²) in [5, 5.41) is 2.91. The minimum absolute atomic E-state index is 0.0888. The zero-order valence-corrected chi connectivity index (χ0v) is 26.1. The quantitative estimate of drug-likeness (QED) is 0.261. The standard InChI is InChI=1S/C33H43N3O4S/c1-32(2)16-25-17-33(3,21-32)22-36(25)31(37)27-20-41-30(34-27)19-35(18-24-7-10-26(38-4)11-8-24)14-13-23-9-12-28(39-5)29(15-23)40-6/h7-12,15,20,25H,13-14,16-19,21-22H2,1-6H3. The second-order valence-corrected chi connectivity index (χ2v) is 13.7. The van der Waals surface area contributed by atoms with E-state index in [-0.39, 0.29) is 16.7 Å². The van der Waals surface area contributed by atoms with Crippen molar-refractivity contribution in [3.05, 3.63) is 69.7 Å². The van der Waals surface area contributed by atoms with E-state index in [1.165, 1.54) is 17.5 Å². The lowest BCUT2D eigenvalue weighted by molar-refractivity contribution is 0.0702. The molecule has 2 heterocycles. The second kappa shape index (κ2) is 12.0. The van der Waals surface area contributed by atoms with Gasteiger partial charge in [0.25, 0.3) is 5.91 Å². The molecule has 8 heteroatoms. The third-order valence-electron chi connectivity index (χ3n) is 8.54. The first kappa shape index (κ1) is 29.4. The number of benzene rings is 2. The highest BCUT2D eigenvalue weighted by Gasteiger charge is 2.51. The van der Waals surface area contributed by atoms with E-state index in [9.17, 15) is 4.79 Å². The number of rotatable bonds is 11. The van der Waals surface area contributed by atoms with Crippen LogP contribution in [0.2, 0.25) is 0 Å². The van der Waals surface area contributed by atoms with Crippen molar-refractivity contribution in [1.82, 2.24) is 14.8 Å². The number of likely N-dealkylation sites (tertiary alicyclic amines) is 1. The van der Waals surface area contributed by atoms with E-state index < -0.39 is 0 Å². The maximum Gasteiger partial charge on any atom is 0.273 e. The number of ether oxygens (including phenoxy) is 3. The zero-order valence-electron chi connectivity index (χ0n) is 25.2. The molecule has 41 heavy (non-hydrogen) atoms. The van der Waals surface area contributed by atoms with E-state index in [0.717, 1.165) is 61.2 Å². The molecule has 0 radical (unpaired) electrons. The summed E-state index contributed by atoms with van der Waals surface area (Å²) in [6, 6.07) is 14.6. The number of nitrogens with zero attached hydrogens (tertiary/aromatic N) is 3. The Kier molecular flexibility index (Phi) is 8.62. The topological polar surface area (TPSA) is 64.1 Å². The molecule has 2 unspecified atom stereocenters. The van der Waals surface area contributed by atoms with Crippen molar-refractivity contribution in [2.75, 3.05) is 34.4 Å². The summed E-state index contributed by atoms with van der Waals surface area (Å²) >= 11 is 1.58. The molecule has 1 saturated heterocycles. The normalized spacial score (nSPS) is 21.2. The average molecular weight is 578 g/mol. The van der Waals surface area contributed by atoms with Crippen molar-refractivity contribution in [2.24, 2.45) is 10.8 Å². The Morgan fingerprint density at radius 2 is 1.71 bits per heavy atom. The molecule has 0 spiro atoms. The van der Waals surface area contributed by atoms with E-state index in [4.69, 9.17) is 19.2 Å². The molecule has 1 aliphatic heterocycles. The fourth-order valence-electron chi connectivity index (χ4n) is 7.04. The molecule has 1 amide bonds. The number of carbonyl (C=O) groups is 1. The van der Waals surface area contributed by atoms with E-state index in [2.05, 4.69) is 48.8 Å². The van der Waals surface area contributed by atoms with Crippen molar-refractivity contribution in [3.63, 3.8) is 0 Å². The van der Waals surface area contributed by atoms with Gasteiger partial charge in [0.1, 0.15) is 16.5 Å². The molecular weight excluding hydrogens is 534 g/mol. The molecule has 2 aliphatic rings. The summed E-state index contributed by atoms with van der Waals surface area (Å²) in [5.41, 5.74) is 3.44. The van der Waals surface area contributed by atoms with Gasteiger partial charge in [0.15, 0.2) is 11.5 Å². The van der Waals surface area contributed by atoms with Gasteiger partial charge in [0.05, 0.1) is 27.9 Å². The monoisotopic (exact) mass is 577 g/mol. The first-order valence-corrected chi connectivity index (χ1v) is 15.3. The predicted octanol–water partition coefficient (Wildman–Crippen LogP) is 6.45. The summed E-state index contributed by atoms with van der Waals surface area (Å²) in [5.74, 6) is 2.40. The smallest absolute Gasteiger partial charge is 0.273 e. The Balaban J connectivity index is 1.30. The first-order chi connectivity index (χ1) is 19.6. The third kappa shape index (κ3) is 6.87. The van der Waals surface area contributed by atoms with Crippen LogP contribution in [0.1, 0.15) is 66.7 Å². The van der Waals surface area contributed by atoms with E-state index in [1.807, 2.05) is 29.6 Å². The number of fused-ring (bicyclic) bond motifs is 2. The number of carbonyl (C=O) groups excluding carboxylic acids is 1. The molecule has 3 aromatic rings. The van der Waals surface area contributed by atoms with Gasteiger partial charge in [0.2, 0.25) is 0 Å². The lowest BCUT2D eigenvalue weighted by Gasteiger charge is -2.39. The van der Waals surface area contributed by atoms with E-state index in [0.29, 0.717) is 18.3 Å². The van der Waals surface area contributed by atoms with Crippen LogP contribution in [0.4, 0.5) is 0 Å². The summed E-state index contributed by atoms with van der Waals surface area (Å²) in [7, 11) is 5.00. The molecule has 2 atom stereocenters. The van der Waals surface area contributed by atoms with Crippen molar-refractivity contribution >= 4 is 17.2 Å². The molecule has 1 aliphatic carbocycles. The lowest BCUT2D eigenvalue weighted by Crippen LogP contribution is -2.37. The summed E-state index contributed by atoms with van der Waals surface area (Å²) < 4.78 is 16.3. The Bertz CT molecular complexity index is 1350. The van der Waals surface area contributed by atoms with Crippen LogP contribution in [0.3, 0.4) is 0 Å². The van der Waals surface area contributed by atoms with Gasteiger partial charge >= 0.3 is 0 Å². The minimum Gasteiger partial charge on any atom is -0.497 e. The van der Waals surface area contributed by atoms with Gasteiger partial charge < -0.3 is 19.1 Å². The van der Waals surface area contributed by atoms with Crippen molar-refractivity contribution < 1.29 is 19.0 Å². The van der Waals surface area contributed by atoms with Crippen LogP contribution in [0, 0.1) is 10.8 Å². The summed E-state index contributed by atoms with van der Waals surface area (Å²) in [6.07, 6.45) is 4.18. The maximum atomic E-state index is 13.6. The van der Waals surface area contributed by atoms with Crippen LogP contribution in [-0.4, -0.2) is 61.2 Å². The maximum absolute atomic E-state index is 13.6. The van der Waals surface area contributed by atoms with Crippen LogP contribution in [0.5, 0.6) is 17.2 Å². The van der Waals surface area contributed by atoms with Gasteiger partial charge in [-0.05, 0) is 71.9 Å². The average Bonchev–Trinajstić information content (AvgIpc) is 3.51. The lowest BCUT2D eigenvalue weighted by atomic mass is 9.65. The Morgan fingerprint density at radius 1 is 0.976 bits per heavy atom. The van der Waals surface area contributed by atoms with Gasteiger partial charge in [-0.2, -0.15) is 0 Å². The molecule has 5 rings (SSSR count). The molecule has 1 aromatic heterocycles. The van der Waals surface area contributed by atoms with E-state index in [1.54, 1.807) is 32.7 Å². The molecule has 1 saturated carbocycles. The highest BCUT2D eigenvalue weighted by molar-refractivity contribution is 7.09. The molecule has 7 nitrogen and oxygen atoms in total. The number of amides is 1. The van der Waals surface area contributed by atoms with E-state index >= 15 is 0 Å². The second-order valence-electron chi connectivity index (χ2n) is 12.8. The molecule has 2 fully saturated rings. The first-order valence-electron chi connectivity index (χ1n) is 14.4. The highest BCUT2D eigenvalue weighted by Crippen LogP contribution is 2.52. The van der Waals surface area contributed by atoms with Crippen LogP contribution in [0.25, 0.3) is 0 Å². The molecular formula is C33H43N3O4S. The molecule has 2 aromatic carbocycles. The SMILES string of the molecule is COc1ccc(CN(CCc2ccc(OC)c(OC)c2)Cc2nc(C(=O)N3CC4(C)CC3CC(C)(C)C4)cs2)cc1. The summed E-state index contributed by atoms with van der Waals surface area (Å²) in [4.78, 5) is 23.0. The van der Waals surface area contributed by atoms with Crippen LogP contribution in [0.15, 0.2) is 47.8 Å².